The van der Waals surface area contributed by atoms with Gasteiger partial charge in [0.1, 0.15) is 4.88 Å². The van der Waals surface area contributed by atoms with Crippen LogP contribution in [0.1, 0.15) is 45.5 Å². The number of nitrogens with two attached hydrogens (primary N) is 1. The lowest BCUT2D eigenvalue weighted by atomic mass is 9.99. The average Bonchev–Trinajstić information content (AvgIpc) is 3.02. The first-order chi connectivity index (χ1) is 12.1. The van der Waals surface area contributed by atoms with Crippen LogP contribution in [0.5, 0.6) is 0 Å². The largest absolute Gasteiger partial charge is 0.395 e. The van der Waals surface area contributed by atoms with Crippen LogP contribution in [0, 0.1) is 5.92 Å². The summed E-state index contributed by atoms with van der Waals surface area (Å²) in [5.41, 5.74) is 7.35. The molecule has 1 saturated heterocycles. The molecule has 0 atom stereocenters. The number of benzene rings is 1. The molecule has 1 aliphatic rings. The predicted octanol–water partition coefficient (Wildman–Crippen LogP) is 2.53. The molecule has 0 spiro atoms. The lowest BCUT2D eigenvalue weighted by Gasteiger charge is -2.29. The minimum atomic E-state index is -0.357. The average molecular weight is 358 g/mol. The lowest BCUT2D eigenvalue weighted by molar-refractivity contribution is 0.0703. The van der Waals surface area contributed by atoms with E-state index in [9.17, 15) is 9.59 Å². The number of anilines is 1. The van der Waals surface area contributed by atoms with Gasteiger partial charge in [0.25, 0.3) is 11.8 Å². The van der Waals surface area contributed by atoms with Crippen molar-refractivity contribution in [1.82, 2.24) is 14.6 Å². The van der Waals surface area contributed by atoms with Crippen LogP contribution in [-0.4, -0.2) is 34.2 Å². The van der Waals surface area contributed by atoms with Gasteiger partial charge in [-0.15, -0.1) is 0 Å². The topological polar surface area (TPSA) is 88.3 Å². The number of hydrogen-bond donors (Lipinski definition) is 2. The van der Waals surface area contributed by atoms with Crippen molar-refractivity contribution in [3.63, 3.8) is 0 Å². The van der Waals surface area contributed by atoms with E-state index in [0.717, 1.165) is 43.0 Å². The van der Waals surface area contributed by atoms with Crippen LogP contribution in [0.15, 0.2) is 30.3 Å². The van der Waals surface area contributed by atoms with Gasteiger partial charge in [-0.25, -0.2) is 0 Å². The number of carbonyl (C=O) groups excluding carboxylic acids is 2. The van der Waals surface area contributed by atoms with E-state index < -0.39 is 0 Å². The first kappa shape index (κ1) is 17.4. The Kier molecular flexibility index (Phi) is 5.33. The Labute approximate surface area is 151 Å². The number of hydrogen-bond acceptors (Lipinski definition) is 5. The fraction of sp³-hybridized carbons (Fsp3) is 0.389. The van der Waals surface area contributed by atoms with Crippen LogP contribution in [0.4, 0.5) is 5.69 Å². The molecule has 6 nitrogen and oxygen atoms in total. The molecule has 3 rings (SSSR count). The summed E-state index contributed by atoms with van der Waals surface area (Å²) in [6.07, 6.45) is 1.99. The number of nitrogens with zero attached hydrogens (tertiary/aromatic N) is 2. The Balaban J connectivity index is 1.66. The van der Waals surface area contributed by atoms with Crippen molar-refractivity contribution in [2.24, 2.45) is 5.92 Å². The summed E-state index contributed by atoms with van der Waals surface area (Å²) in [6.45, 7) is 4.04. The number of rotatable bonds is 4. The van der Waals surface area contributed by atoms with Gasteiger partial charge < -0.3 is 16.0 Å². The second-order valence-corrected chi connectivity index (χ2v) is 7.19. The van der Waals surface area contributed by atoms with Gasteiger partial charge in [-0.05, 0) is 35.9 Å². The first-order valence-electron chi connectivity index (χ1n) is 8.42. The summed E-state index contributed by atoms with van der Waals surface area (Å²) in [5.74, 6) is 0.162. The number of nitrogen functional groups attached to an aromatic ring is 1. The fourth-order valence-corrected chi connectivity index (χ4v) is 3.60. The third-order valence-electron chi connectivity index (χ3n) is 4.50. The third-order valence-corrected chi connectivity index (χ3v) is 5.35. The van der Waals surface area contributed by atoms with Crippen molar-refractivity contribution in [3.05, 3.63) is 46.5 Å². The molecular formula is C18H22N4O2S. The summed E-state index contributed by atoms with van der Waals surface area (Å²) < 4.78 is 4.12. The number of piperidine rings is 1. The second kappa shape index (κ2) is 7.65. The molecule has 0 unspecified atom stereocenters. The third kappa shape index (κ3) is 3.99. The van der Waals surface area contributed by atoms with Crippen LogP contribution in [-0.2, 0) is 6.54 Å². The van der Waals surface area contributed by atoms with E-state index in [2.05, 4.69) is 16.6 Å². The smallest absolute Gasteiger partial charge is 0.273 e. The molecule has 0 saturated carbocycles. The predicted molar refractivity (Wildman–Crippen MR) is 98.4 cm³/mol. The Morgan fingerprint density at radius 1 is 1.28 bits per heavy atom. The van der Waals surface area contributed by atoms with Crippen LogP contribution in [0.25, 0.3) is 0 Å². The lowest BCUT2D eigenvalue weighted by Crippen LogP contribution is -2.37. The normalized spacial score (nSPS) is 15.2. The van der Waals surface area contributed by atoms with E-state index in [1.807, 2.05) is 30.3 Å². The maximum Gasteiger partial charge on any atom is 0.273 e. The van der Waals surface area contributed by atoms with Gasteiger partial charge in [-0.3, -0.25) is 9.59 Å². The first-order valence-corrected chi connectivity index (χ1v) is 9.20. The standard InChI is InChI=1S/C18H22N4O2S/c1-12-7-9-22(10-8-12)18(24)16-14(19)15(21-25-16)17(23)20-11-13-5-3-2-4-6-13/h2-6,12H,7-11,19H2,1H3,(H,20,23). The maximum absolute atomic E-state index is 12.6. The van der Waals surface area contributed by atoms with Crippen molar-refractivity contribution in [2.75, 3.05) is 18.8 Å². The Morgan fingerprint density at radius 3 is 2.64 bits per heavy atom. The number of aromatic nitrogens is 1. The Bertz CT molecular complexity index is 752. The molecule has 1 aromatic carbocycles. The van der Waals surface area contributed by atoms with Gasteiger partial charge in [0.15, 0.2) is 5.69 Å². The molecule has 2 amide bonds. The summed E-state index contributed by atoms with van der Waals surface area (Å²) >= 11 is 1.00. The highest BCUT2D eigenvalue weighted by Gasteiger charge is 2.27. The molecule has 3 N–H and O–H groups in total. The van der Waals surface area contributed by atoms with Gasteiger partial charge in [0.2, 0.25) is 0 Å². The van der Waals surface area contributed by atoms with Gasteiger partial charge in [0.05, 0.1) is 5.69 Å². The van der Waals surface area contributed by atoms with Gasteiger partial charge in [0, 0.05) is 19.6 Å². The zero-order valence-electron chi connectivity index (χ0n) is 14.2. The minimum Gasteiger partial charge on any atom is -0.395 e. The summed E-state index contributed by atoms with van der Waals surface area (Å²) in [5, 5.41) is 2.79. The van der Waals surface area contributed by atoms with E-state index >= 15 is 0 Å². The molecule has 0 aliphatic carbocycles. The zero-order chi connectivity index (χ0) is 17.8. The second-order valence-electron chi connectivity index (χ2n) is 6.42. The van der Waals surface area contributed by atoms with E-state index in [1.165, 1.54) is 0 Å². The number of carbonyl (C=O) groups is 2. The SMILES string of the molecule is CC1CCN(C(=O)c2snc(C(=O)NCc3ccccc3)c2N)CC1. The zero-order valence-corrected chi connectivity index (χ0v) is 15.0. The molecule has 1 fully saturated rings. The summed E-state index contributed by atoms with van der Waals surface area (Å²) in [6, 6.07) is 9.60. The molecule has 0 radical (unpaired) electrons. The number of amides is 2. The van der Waals surface area contributed by atoms with E-state index in [-0.39, 0.29) is 23.2 Å². The highest BCUT2D eigenvalue weighted by atomic mass is 32.1. The van der Waals surface area contributed by atoms with Crippen molar-refractivity contribution in [2.45, 2.75) is 26.3 Å². The quantitative estimate of drug-likeness (QED) is 0.879. The molecule has 2 heterocycles. The van der Waals surface area contributed by atoms with Crippen molar-refractivity contribution < 1.29 is 9.59 Å². The van der Waals surface area contributed by atoms with Crippen LogP contribution in [0.2, 0.25) is 0 Å². The minimum absolute atomic E-state index is 0.121. The molecule has 1 aromatic heterocycles. The molecule has 2 aromatic rings. The maximum atomic E-state index is 12.6. The van der Waals surface area contributed by atoms with Gasteiger partial charge >= 0.3 is 0 Å². The van der Waals surface area contributed by atoms with E-state index in [0.29, 0.717) is 17.3 Å². The van der Waals surface area contributed by atoms with Crippen molar-refractivity contribution in [3.8, 4) is 0 Å². The molecule has 7 heteroatoms. The van der Waals surface area contributed by atoms with Crippen LogP contribution in [0.3, 0.4) is 0 Å². The molecule has 132 valence electrons. The monoisotopic (exact) mass is 358 g/mol. The fourth-order valence-electron chi connectivity index (χ4n) is 2.83. The number of nitrogens with one attached hydrogen (secondary N) is 1. The molecular weight excluding hydrogens is 336 g/mol. The number of likely N-dealkylation sites (tertiary alicyclic amines) is 1. The Hall–Kier alpha value is -2.41. The van der Waals surface area contributed by atoms with Crippen LogP contribution >= 0.6 is 11.5 Å². The molecule has 25 heavy (non-hydrogen) atoms. The van der Waals surface area contributed by atoms with Crippen molar-refractivity contribution >= 4 is 29.0 Å². The molecule has 0 bridgehead atoms. The van der Waals surface area contributed by atoms with Crippen molar-refractivity contribution in [1.29, 1.82) is 0 Å². The van der Waals surface area contributed by atoms with Crippen LogP contribution < -0.4 is 11.1 Å². The van der Waals surface area contributed by atoms with Gasteiger partial charge in [-0.1, -0.05) is 37.3 Å². The summed E-state index contributed by atoms with van der Waals surface area (Å²) in [4.78, 5) is 27.1. The molecule has 1 aliphatic heterocycles. The highest BCUT2D eigenvalue weighted by Crippen LogP contribution is 2.26. The van der Waals surface area contributed by atoms with Gasteiger partial charge in [-0.2, -0.15) is 4.37 Å². The van der Waals surface area contributed by atoms with E-state index in [4.69, 9.17) is 5.73 Å². The highest BCUT2D eigenvalue weighted by molar-refractivity contribution is 7.09. The summed E-state index contributed by atoms with van der Waals surface area (Å²) in [7, 11) is 0. The Morgan fingerprint density at radius 2 is 1.96 bits per heavy atom. The van der Waals surface area contributed by atoms with E-state index in [1.54, 1.807) is 4.90 Å².